The summed E-state index contributed by atoms with van der Waals surface area (Å²) in [6, 6.07) is 8.58. The fourth-order valence-corrected chi connectivity index (χ4v) is 2.08. The maximum absolute atomic E-state index is 5.93. The zero-order chi connectivity index (χ0) is 14.5. The molecular formula is C15H22N4O. The highest BCUT2D eigenvalue weighted by Gasteiger charge is 2.12. The number of nitrogens with zero attached hydrogens (tertiary/aromatic N) is 3. The molecule has 0 bridgehead atoms. The summed E-state index contributed by atoms with van der Waals surface area (Å²) < 4.78 is 7.81. The minimum atomic E-state index is 0.245. The largest absolute Gasteiger partial charge is 0.485 e. The Kier molecular flexibility index (Phi) is 4.74. The number of hydrogen-bond acceptors (Lipinski definition) is 4. The zero-order valence-electron chi connectivity index (χ0n) is 12.5. The van der Waals surface area contributed by atoms with Crippen molar-refractivity contribution in [3.63, 3.8) is 0 Å². The number of hydrogen-bond donors (Lipinski definition) is 1. The van der Waals surface area contributed by atoms with Gasteiger partial charge < -0.3 is 10.1 Å². The van der Waals surface area contributed by atoms with Gasteiger partial charge in [0.05, 0.1) is 0 Å². The first-order chi connectivity index (χ1) is 9.63. The molecule has 0 radical (unpaired) electrons. The summed E-state index contributed by atoms with van der Waals surface area (Å²) in [5.41, 5.74) is 1.14. The van der Waals surface area contributed by atoms with Crippen LogP contribution in [0.5, 0.6) is 5.75 Å². The topological polar surface area (TPSA) is 52.0 Å². The molecule has 1 atom stereocenters. The lowest BCUT2D eigenvalue weighted by molar-refractivity contribution is 0.277. The summed E-state index contributed by atoms with van der Waals surface area (Å²) in [5.74, 6) is 1.72. The molecule has 0 saturated heterocycles. The molecule has 20 heavy (non-hydrogen) atoms. The predicted molar refractivity (Wildman–Crippen MR) is 78.7 cm³/mol. The normalized spacial score (nSPS) is 12.7. The van der Waals surface area contributed by atoms with Gasteiger partial charge in [-0.25, -0.2) is 9.67 Å². The highest BCUT2D eigenvalue weighted by Crippen LogP contribution is 2.25. The smallest absolute Gasteiger partial charge is 0.165 e. The highest BCUT2D eigenvalue weighted by molar-refractivity contribution is 5.35. The molecule has 2 aromatic rings. The van der Waals surface area contributed by atoms with Gasteiger partial charge in [-0.05, 0) is 33.9 Å². The molecule has 1 aromatic heterocycles. The molecule has 0 fully saturated rings. The van der Waals surface area contributed by atoms with E-state index in [4.69, 9.17) is 4.74 Å². The molecule has 108 valence electrons. The van der Waals surface area contributed by atoms with Crippen molar-refractivity contribution in [2.24, 2.45) is 0 Å². The van der Waals surface area contributed by atoms with E-state index in [1.54, 1.807) is 6.33 Å². The van der Waals surface area contributed by atoms with E-state index in [2.05, 4.69) is 42.2 Å². The Balaban J connectivity index is 2.13. The molecule has 5 nitrogen and oxygen atoms in total. The highest BCUT2D eigenvalue weighted by atomic mass is 16.5. The van der Waals surface area contributed by atoms with Gasteiger partial charge in [0.1, 0.15) is 18.7 Å². The molecule has 2 rings (SSSR count). The molecule has 1 heterocycles. The SMILES string of the molecule is CNC(C)c1ccccc1OCc1ncnn1C(C)C. The Bertz CT molecular complexity index is 550. The molecule has 0 aliphatic rings. The van der Waals surface area contributed by atoms with Crippen LogP contribution in [0, 0.1) is 0 Å². The van der Waals surface area contributed by atoms with Gasteiger partial charge in [0, 0.05) is 17.6 Å². The Morgan fingerprint density at radius 2 is 2.00 bits per heavy atom. The maximum atomic E-state index is 5.93. The van der Waals surface area contributed by atoms with E-state index in [0.29, 0.717) is 6.61 Å². The Morgan fingerprint density at radius 3 is 2.70 bits per heavy atom. The molecule has 1 unspecified atom stereocenters. The van der Waals surface area contributed by atoms with Gasteiger partial charge >= 0.3 is 0 Å². The van der Waals surface area contributed by atoms with Crippen LogP contribution < -0.4 is 10.1 Å². The second-order valence-electron chi connectivity index (χ2n) is 5.05. The van der Waals surface area contributed by atoms with E-state index in [0.717, 1.165) is 17.1 Å². The van der Waals surface area contributed by atoms with Crippen molar-refractivity contribution < 1.29 is 4.74 Å². The van der Waals surface area contributed by atoms with Crippen LogP contribution in [0.25, 0.3) is 0 Å². The third-order valence-electron chi connectivity index (χ3n) is 3.31. The Hall–Kier alpha value is -1.88. The van der Waals surface area contributed by atoms with E-state index in [1.807, 2.05) is 29.9 Å². The van der Waals surface area contributed by atoms with E-state index in [1.165, 1.54) is 0 Å². The van der Waals surface area contributed by atoms with Crippen LogP contribution in [-0.2, 0) is 6.61 Å². The van der Waals surface area contributed by atoms with Crippen LogP contribution >= 0.6 is 0 Å². The Morgan fingerprint density at radius 1 is 1.25 bits per heavy atom. The number of aromatic nitrogens is 3. The van der Waals surface area contributed by atoms with Crippen molar-refractivity contribution in [2.75, 3.05) is 7.05 Å². The van der Waals surface area contributed by atoms with Crippen molar-refractivity contribution in [1.82, 2.24) is 20.1 Å². The fraction of sp³-hybridized carbons (Fsp3) is 0.467. The molecule has 1 N–H and O–H groups in total. The summed E-state index contributed by atoms with van der Waals surface area (Å²) in [5, 5.41) is 7.45. The minimum Gasteiger partial charge on any atom is -0.485 e. The van der Waals surface area contributed by atoms with Crippen LogP contribution in [0.3, 0.4) is 0 Å². The summed E-state index contributed by atoms with van der Waals surface area (Å²) in [6.45, 7) is 6.69. The number of benzene rings is 1. The van der Waals surface area contributed by atoms with Crippen molar-refractivity contribution in [3.8, 4) is 5.75 Å². The van der Waals surface area contributed by atoms with E-state index in [9.17, 15) is 0 Å². The van der Waals surface area contributed by atoms with Gasteiger partial charge in [-0.15, -0.1) is 0 Å². The number of para-hydroxylation sites is 1. The summed E-state index contributed by atoms with van der Waals surface area (Å²) >= 11 is 0. The standard InChI is InChI=1S/C15H22N4O/c1-11(2)19-15(17-10-18-19)9-20-14-8-6-5-7-13(14)12(3)16-4/h5-8,10-12,16H,9H2,1-4H3. The monoisotopic (exact) mass is 274 g/mol. The van der Waals surface area contributed by atoms with Crippen molar-refractivity contribution in [2.45, 2.75) is 39.5 Å². The maximum Gasteiger partial charge on any atom is 0.165 e. The third-order valence-corrected chi connectivity index (χ3v) is 3.31. The first-order valence-electron chi connectivity index (χ1n) is 6.90. The average Bonchev–Trinajstić information content (AvgIpc) is 2.93. The van der Waals surface area contributed by atoms with Crippen LogP contribution in [-0.4, -0.2) is 21.8 Å². The van der Waals surface area contributed by atoms with E-state index in [-0.39, 0.29) is 12.1 Å². The second kappa shape index (κ2) is 6.52. The summed E-state index contributed by atoms with van der Waals surface area (Å²) in [7, 11) is 1.94. The van der Waals surface area contributed by atoms with Crippen LogP contribution in [0.15, 0.2) is 30.6 Å². The number of rotatable bonds is 6. The lowest BCUT2D eigenvalue weighted by Gasteiger charge is -2.16. The van der Waals surface area contributed by atoms with Crippen molar-refractivity contribution >= 4 is 0 Å². The van der Waals surface area contributed by atoms with Crippen LogP contribution in [0.2, 0.25) is 0 Å². The van der Waals surface area contributed by atoms with Gasteiger partial charge in [0.2, 0.25) is 0 Å². The van der Waals surface area contributed by atoms with Gasteiger partial charge in [-0.3, -0.25) is 0 Å². The van der Waals surface area contributed by atoms with Crippen molar-refractivity contribution in [1.29, 1.82) is 0 Å². The molecule has 0 aliphatic carbocycles. The van der Waals surface area contributed by atoms with Crippen molar-refractivity contribution in [3.05, 3.63) is 42.0 Å². The summed E-state index contributed by atoms with van der Waals surface area (Å²) in [4.78, 5) is 4.26. The molecule has 5 heteroatoms. The second-order valence-corrected chi connectivity index (χ2v) is 5.05. The fourth-order valence-electron chi connectivity index (χ4n) is 2.08. The molecule has 0 aliphatic heterocycles. The summed E-state index contributed by atoms with van der Waals surface area (Å²) in [6.07, 6.45) is 1.57. The Labute approximate surface area is 120 Å². The third kappa shape index (κ3) is 3.17. The van der Waals surface area contributed by atoms with Gasteiger partial charge in [-0.2, -0.15) is 5.10 Å². The quantitative estimate of drug-likeness (QED) is 0.880. The molecule has 0 spiro atoms. The molecule has 1 aromatic carbocycles. The van der Waals surface area contributed by atoms with E-state index < -0.39 is 0 Å². The first kappa shape index (κ1) is 14.5. The van der Waals surface area contributed by atoms with Gasteiger partial charge in [-0.1, -0.05) is 18.2 Å². The lowest BCUT2D eigenvalue weighted by atomic mass is 10.1. The number of nitrogens with one attached hydrogen (secondary N) is 1. The molecule has 0 amide bonds. The van der Waals surface area contributed by atoms with Gasteiger partial charge in [0.15, 0.2) is 5.82 Å². The lowest BCUT2D eigenvalue weighted by Crippen LogP contribution is -2.15. The van der Waals surface area contributed by atoms with Gasteiger partial charge in [0.25, 0.3) is 0 Å². The average molecular weight is 274 g/mol. The number of ether oxygens (including phenoxy) is 1. The van der Waals surface area contributed by atoms with E-state index >= 15 is 0 Å². The predicted octanol–water partition coefficient (Wildman–Crippen LogP) is 2.72. The molecule has 0 saturated carbocycles. The molecular weight excluding hydrogens is 252 g/mol. The minimum absolute atomic E-state index is 0.245. The first-order valence-corrected chi connectivity index (χ1v) is 6.90. The van der Waals surface area contributed by atoms with Crippen LogP contribution in [0.1, 0.15) is 44.2 Å². The van der Waals surface area contributed by atoms with Crippen LogP contribution in [0.4, 0.5) is 0 Å². The zero-order valence-corrected chi connectivity index (χ0v) is 12.5.